The lowest BCUT2D eigenvalue weighted by molar-refractivity contribution is 0.0733. The third kappa shape index (κ3) is 3.64. The Morgan fingerprint density at radius 3 is 2.43 bits per heavy atom. The van der Waals surface area contributed by atoms with E-state index in [4.69, 9.17) is 4.74 Å². The van der Waals surface area contributed by atoms with Crippen molar-refractivity contribution >= 4 is 21.9 Å². The minimum absolute atomic E-state index is 0.197. The molecule has 0 fully saturated rings. The first kappa shape index (κ1) is 15.6. The van der Waals surface area contributed by atoms with Crippen LogP contribution in [0.4, 0.5) is 0 Å². The van der Waals surface area contributed by atoms with Crippen molar-refractivity contribution in [2.45, 2.75) is 26.2 Å². The molecule has 0 atom stereocenters. The molecule has 0 amide bonds. The zero-order valence-electron chi connectivity index (χ0n) is 12.2. The van der Waals surface area contributed by atoms with E-state index in [0.717, 1.165) is 5.56 Å². The van der Waals surface area contributed by atoms with E-state index in [-0.39, 0.29) is 11.2 Å². The minimum Gasteiger partial charge on any atom is -0.508 e. The molecule has 1 N–H and O–H groups in total. The molecular formula is C17H17BrO3. The maximum atomic E-state index is 12.2. The SMILES string of the molecule is CC(C)(C)c1cc(OC(=O)c2ccccc2Br)ccc1O. The molecule has 110 valence electrons. The van der Waals surface area contributed by atoms with Crippen LogP contribution in [0.5, 0.6) is 11.5 Å². The maximum absolute atomic E-state index is 12.2. The van der Waals surface area contributed by atoms with Crippen molar-refractivity contribution in [2.75, 3.05) is 0 Å². The molecule has 2 rings (SSSR count). The number of esters is 1. The molecule has 4 heteroatoms. The Morgan fingerprint density at radius 2 is 1.81 bits per heavy atom. The van der Waals surface area contributed by atoms with Crippen LogP contribution in [0.15, 0.2) is 46.9 Å². The zero-order chi connectivity index (χ0) is 15.6. The fourth-order valence-corrected chi connectivity index (χ4v) is 2.41. The summed E-state index contributed by atoms with van der Waals surface area (Å²) >= 11 is 3.33. The Hall–Kier alpha value is -1.81. The first-order valence-corrected chi connectivity index (χ1v) is 7.38. The molecule has 0 radical (unpaired) electrons. The monoisotopic (exact) mass is 348 g/mol. The van der Waals surface area contributed by atoms with Gasteiger partial charge in [-0.2, -0.15) is 0 Å². The van der Waals surface area contributed by atoms with Gasteiger partial charge in [-0.05, 0) is 51.7 Å². The van der Waals surface area contributed by atoms with Gasteiger partial charge in [0.15, 0.2) is 0 Å². The molecular weight excluding hydrogens is 332 g/mol. The van der Waals surface area contributed by atoms with Crippen LogP contribution in [-0.4, -0.2) is 11.1 Å². The van der Waals surface area contributed by atoms with Gasteiger partial charge in [0.25, 0.3) is 0 Å². The lowest BCUT2D eigenvalue weighted by Gasteiger charge is -2.21. The molecule has 0 aliphatic carbocycles. The third-order valence-corrected chi connectivity index (χ3v) is 3.77. The molecule has 0 heterocycles. The van der Waals surface area contributed by atoms with Gasteiger partial charge in [-0.3, -0.25) is 0 Å². The molecule has 2 aromatic carbocycles. The Bertz CT molecular complexity index is 672. The molecule has 2 aromatic rings. The van der Waals surface area contributed by atoms with Crippen LogP contribution in [0.1, 0.15) is 36.7 Å². The average molecular weight is 349 g/mol. The number of phenolic OH excluding ortho intramolecular Hbond substituents is 1. The highest BCUT2D eigenvalue weighted by atomic mass is 79.9. The van der Waals surface area contributed by atoms with Crippen molar-refractivity contribution in [1.29, 1.82) is 0 Å². The highest BCUT2D eigenvalue weighted by Crippen LogP contribution is 2.33. The van der Waals surface area contributed by atoms with Crippen molar-refractivity contribution in [3.05, 3.63) is 58.1 Å². The van der Waals surface area contributed by atoms with Crippen LogP contribution >= 0.6 is 15.9 Å². The van der Waals surface area contributed by atoms with Crippen molar-refractivity contribution < 1.29 is 14.6 Å². The van der Waals surface area contributed by atoms with Crippen LogP contribution in [0.3, 0.4) is 0 Å². The topological polar surface area (TPSA) is 46.5 Å². The molecule has 0 spiro atoms. The predicted molar refractivity (Wildman–Crippen MR) is 85.9 cm³/mol. The van der Waals surface area contributed by atoms with Crippen molar-refractivity contribution in [1.82, 2.24) is 0 Å². The molecule has 0 bridgehead atoms. The number of hydrogen-bond donors (Lipinski definition) is 1. The fourth-order valence-electron chi connectivity index (χ4n) is 1.97. The van der Waals surface area contributed by atoms with E-state index < -0.39 is 5.97 Å². The van der Waals surface area contributed by atoms with E-state index in [0.29, 0.717) is 15.8 Å². The van der Waals surface area contributed by atoms with Crippen molar-refractivity contribution in [3.8, 4) is 11.5 Å². The lowest BCUT2D eigenvalue weighted by atomic mass is 9.86. The van der Waals surface area contributed by atoms with E-state index in [1.54, 1.807) is 36.4 Å². The average Bonchev–Trinajstić information content (AvgIpc) is 2.40. The van der Waals surface area contributed by atoms with Gasteiger partial charge in [-0.25, -0.2) is 4.79 Å². The molecule has 0 aliphatic heterocycles. The minimum atomic E-state index is -0.437. The van der Waals surface area contributed by atoms with Crippen molar-refractivity contribution in [3.63, 3.8) is 0 Å². The highest BCUT2D eigenvalue weighted by molar-refractivity contribution is 9.10. The number of benzene rings is 2. The van der Waals surface area contributed by atoms with Gasteiger partial charge in [0.1, 0.15) is 11.5 Å². The van der Waals surface area contributed by atoms with Gasteiger partial charge in [0, 0.05) is 10.0 Å². The Kier molecular flexibility index (Phi) is 4.37. The number of ether oxygens (including phenoxy) is 1. The lowest BCUT2D eigenvalue weighted by Crippen LogP contribution is -2.13. The Morgan fingerprint density at radius 1 is 1.14 bits per heavy atom. The van der Waals surface area contributed by atoms with Gasteiger partial charge in [-0.1, -0.05) is 32.9 Å². The van der Waals surface area contributed by atoms with Crippen LogP contribution in [-0.2, 0) is 5.41 Å². The van der Waals surface area contributed by atoms with E-state index >= 15 is 0 Å². The quantitative estimate of drug-likeness (QED) is 0.633. The van der Waals surface area contributed by atoms with Crippen LogP contribution in [0, 0.1) is 0 Å². The maximum Gasteiger partial charge on any atom is 0.344 e. The zero-order valence-corrected chi connectivity index (χ0v) is 13.8. The summed E-state index contributed by atoms with van der Waals surface area (Å²) in [4.78, 5) is 12.2. The second-order valence-corrected chi connectivity index (χ2v) is 6.65. The van der Waals surface area contributed by atoms with Crippen molar-refractivity contribution in [2.24, 2.45) is 0 Å². The van der Waals surface area contributed by atoms with E-state index in [9.17, 15) is 9.90 Å². The standard InChI is InChI=1S/C17H17BrO3/c1-17(2,3)13-10-11(8-9-15(13)19)21-16(20)12-6-4-5-7-14(12)18/h4-10,19H,1-3H3. The number of carbonyl (C=O) groups excluding carboxylic acids is 1. The molecule has 0 aromatic heterocycles. The summed E-state index contributed by atoms with van der Waals surface area (Å²) in [6.45, 7) is 5.96. The summed E-state index contributed by atoms with van der Waals surface area (Å²) in [5.74, 6) is 0.176. The predicted octanol–water partition coefficient (Wildman–Crippen LogP) is 4.67. The summed E-state index contributed by atoms with van der Waals surface area (Å²) in [5.41, 5.74) is 0.961. The number of phenols is 1. The largest absolute Gasteiger partial charge is 0.508 e. The second-order valence-electron chi connectivity index (χ2n) is 5.80. The molecule has 3 nitrogen and oxygen atoms in total. The first-order valence-electron chi connectivity index (χ1n) is 6.59. The number of aromatic hydroxyl groups is 1. The van der Waals surface area contributed by atoms with Crippen LogP contribution in [0.25, 0.3) is 0 Å². The number of halogens is 1. The summed E-state index contributed by atoms with van der Waals surface area (Å²) in [5, 5.41) is 9.92. The molecule has 0 saturated heterocycles. The number of hydrogen-bond acceptors (Lipinski definition) is 3. The molecule has 0 unspecified atom stereocenters. The van der Waals surface area contributed by atoms with Gasteiger partial charge >= 0.3 is 5.97 Å². The van der Waals surface area contributed by atoms with Crippen LogP contribution in [0.2, 0.25) is 0 Å². The molecule has 0 saturated carbocycles. The van der Waals surface area contributed by atoms with E-state index in [1.165, 1.54) is 0 Å². The smallest absolute Gasteiger partial charge is 0.344 e. The highest BCUT2D eigenvalue weighted by Gasteiger charge is 2.20. The summed E-state index contributed by atoms with van der Waals surface area (Å²) in [6.07, 6.45) is 0. The summed E-state index contributed by atoms with van der Waals surface area (Å²) in [6, 6.07) is 11.9. The molecule has 0 aliphatic rings. The first-order chi connectivity index (χ1) is 9.79. The number of carbonyl (C=O) groups is 1. The summed E-state index contributed by atoms with van der Waals surface area (Å²) < 4.78 is 6.08. The third-order valence-electron chi connectivity index (χ3n) is 3.08. The second kappa shape index (κ2) is 5.90. The fraction of sp³-hybridized carbons (Fsp3) is 0.235. The Labute approximate surface area is 132 Å². The van der Waals surface area contributed by atoms with Gasteiger partial charge in [-0.15, -0.1) is 0 Å². The number of rotatable bonds is 2. The van der Waals surface area contributed by atoms with E-state index in [2.05, 4.69) is 15.9 Å². The van der Waals surface area contributed by atoms with Crippen LogP contribution < -0.4 is 4.74 Å². The molecule has 21 heavy (non-hydrogen) atoms. The van der Waals surface area contributed by atoms with Gasteiger partial charge < -0.3 is 9.84 Å². The summed E-state index contributed by atoms with van der Waals surface area (Å²) in [7, 11) is 0. The van der Waals surface area contributed by atoms with Gasteiger partial charge in [0.05, 0.1) is 5.56 Å². The normalized spacial score (nSPS) is 11.2. The van der Waals surface area contributed by atoms with Gasteiger partial charge in [0.2, 0.25) is 0 Å². The van der Waals surface area contributed by atoms with E-state index in [1.807, 2.05) is 26.8 Å². The Balaban J connectivity index is 2.29.